The van der Waals surface area contributed by atoms with E-state index < -0.39 is 0 Å². The number of hydrogen-bond acceptors (Lipinski definition) is 4. The molecule has 1 aromatic rings. The molecule has 0 aliphatic heterocycles. The van der Waals surface area contributed by atoms with E-state index in [9.17, 15) is 9.59 Å². The summed E-state index contributed by atoms with van der Waals surface area (Å²) in [5.74, 6) is 0.195. The zero-order chi connectivity index (χ0) is 12.0. The van der Waals surface area contributed by atoms with E-state index in [0.717, 1.165) is 24.0 Å². The van der Waals surface area contributed by atoms with Crippen LogP contribution in [0, 0.1) is 0 Å². The third-order valence-corrected chi connectivity index (χ3v) is 2.60. The Bertz CT molecular complexity index is 314. The molecule has 0 aliphatic rings. The third kappa shape index (κ3) is 3.22. The van der Waals surface area contributed by atoms with Crippen molar-refractivity contribution in [3.8, 4) is 0 Å². The molecule has 1 aromatic heterocycles. The van der Waals surface area contributed by atoms with Crippen LogP contribution in [0.1, 0.15) is 49.9 Å². The first kappa shape index (κ1) is 12.5. The Kier molecular flexibility index (Phi) is 4.76. The lowest BCUT2D eigenvalue weighted by Gasteiger charge is -2.10. The first-order valence-corrected chi connectivity index (χ1v) is 5.38. The molecule has 1 rings (SSSR count). The van der Waals surface area contributed by atoms with Crippen LogP contribution in [0.15, 0.2) is 12.4 Å². The molecule has 2 atom stereocenters. The Labute approximate surface area is 95.1 Å². The zero-order valence-electron chi connectivity index (χ0n) is 9.59. The first-order valence-electron chi connectivity index (χ1n) is 5.38. The highest BCUT2D eigenvalue weighted by molar-refractivity contribution is 5.51. The number of rotatable bonds is 6. The molecule has 16 heavy (non-hydrogen) atoms. The van der Waals surface area contributed by atoms with Crippen molar-refractivity contribution < 1.29 is 9.59 Å². The van der Waals surface area contributed by atoms with Gasteiger partial charge in [-0.25, -0.2) is 0 Å². The molecule has 0 bridgehead atoms. The van der Waals surface area contributed by atoms with Gasteiger partial charge < -0.3 is 9.59 Å². The Morgan fingerprint density at radius 1 is 1.00 bits per heavy atom. The van der Waals surface area contributed by atoms with Crippen molar-refractivity contribution >= 4 is 12.6 Å². The van der Waals surface area contributed by atoms with E-state index >= 15 is 0 Å². The van der Waals surface area contributed by atoms with Gasteiger partial charge in [0.15, 0.2) is 0 Å². The van der Waals surface area contributed by atoms with E-state index in [4.69, 9.17) is 0 Å². The maximum atomic E-state index is 10.4. The summed E-state index contributed by atoms with van der Waals surface area (Å²) in [6.07, 6.45) is 6.05. The summed E-state index contributed by atoms with van der Waals surface area (Å²) in [6, 6.07) is 0. The molecule has 0 aliphatic carbocycles. The first-order chi connectivity index (χ1) is 7.69. The van der Waals surface area contributed by atoms with Crippen LogP contribution in [0.3, 0.4) is 0 Å². The van der Waals surface area contributed by atoms with Gasteiger partial charge in [-0.3, -0.25) is 9.97 Å². The number of nitrogens with zero attached hydrogens (tertiary/aromatic N) is 2. The predicted octanol–water partition coefficient (Wildman–Crippen LogP) is 1.86. The van der Waals surface area contributed by atoms with E-state index in [1.807, 2.05) is 13.8 Å². The Morgan fingerprint density at radius 2 is 1.38 bits per heavy atom. The Morgan fingerprint density at radius 3 is 1.62 bits per heavy atom. The minimum atomic E-state index is 0.0976. The second-order valence-electron chi connectivity index (χ2n) is 3.97. The average molecular weight is 220 g/mol. The van der Waals surface area contributed by atoms with Gasteiger partial charge in [0, 0.05) is 37.1 Å². The summed E-state index contributed by atoms with van der Waals surface area (Å²) in [6.45, 7) is 3.87. The smallest absolute Gasteiger partial charge is 0.120 e. The van der Waals surface area contributed by atoms with Crippen molar-refractivity contribution in [2.24, 2.45) is 0 Å². The summed E-state index contributed by atoms with van der Waals surface area (Å²) in [7, 11) is 0. The largest absolute Gasteiger partial charge is 0.303 e. The van der Waals surface area contributed by atoms with Crippen LogP contribution >= 0.6 is 0 Å². The van der Waals surface area contributed by atoms with Crippen LogP contribution in [0.2, 0.25) is 0 Å². The molecule has 0 spiro atoms. The summed E-state index contributed by atoms with van der Waals surface area (Å²) >= 11 is 0. The predicted molar refractivity (Wildman–Crippen MR) is 60.2 cm³/mol. The van der Waals surface area contributed by atoms with Gasteiger partial charge in [0.2, 0.25) is 0 Å². The van der Waals surface area contributed by atoms with Crippen LogP contribution < -0.4 is 0 Å². The monoisotopic (exact) mass is 220 g/mol. The summed E-state index contributed by atoms with van der Waals surface area (Å²) < 4.78 is 0. The van der Waals surface area contributed by atoms with Crippen LogP contribution in [-0.4, -0.2) is 22.5 Å². The molecule has 0 fully saturated rings. The van der Waals surface area contributed by atoms with E-state index in [1.54, 1.807) is 12.4 Å². The molecule has 1 heterocycles. The quantitative estimate of drug-likeness (QED) is 0.686. The van der Waals surface area contributed by atoms with Crippen LogP contribution in [0.4, 0.5) is 0 Å². The lowest BCUT2D eigenvalue weighted by atomic mass is 10.0. The molecule has 0 saturated carbocycles. The average Bonchev–Trinajstić information content (AvgIpc) is 2.30. The summed E-state index contributed by atoms with van der Waals surface area (Å²) in [5.41, 5.74) is 1.63. The molecule has 4 heteroatoms. The van der Waals surface area contributed by atoms with E-state index in [0.29, 0.717) is 12.8 Å². The van der Waals surface area contributed by atoms with Gasteiger partial charge in [0.1, 0.15) is 12.6 Å². The van der Waals surface area contributed by atoms with Crippen molar-refractivity contribution in [2.45, 2.75) is 38.5 Å². The molecule has 2 unspecified atom stereocenters. The highest BCUT2D eigenvalue weighted by Gasteiger charge is 2.10. The maximum Gasteiger partial charge on any atom is 0.120 e. The highest BCUT2D eigenvalue weighted by Crippen LogP contribution is 2.18. The maximum absolute atomic E-state index is 10.4. The molecular formula is C12H16N2O2. The Balaban J connectivity index is 2.74. The molecule has 4 nitrogen and oxygen atoms in total. The number of carbonyl (C=O) groups is 2. The topological polar surface area (TPSA) is 59.9 Å². The van der Waals surface area contributed by atoms with Gasteiger partial charge in [-0.15, -0.1) is 0 Å². The zero-order valence-corrected chi connectivity index (χ0v) is 9.59. The normalized spacial score (nSPS) is 14.1. The number of carbonyl (C=O) groups excluding carboxylic acids is 2. The fraction of sp³-hybridized carbons (Fsp3) is 0.500. The molecule has 86 valence electrons. The SMILES string of the molecule is CC(CC=O)c1cnc(C(C)CC=O)cn1. The highest BCUT2D eigenvalue weighted by atomic mass is 16.1. The second kappa shape index (κ2) is 6.10. The summed E-state index contributed by atoms with van der Waals surface area (Å²) in [5, 5.41) is 0. The van der Waals surface area contributed by atoms with Crippen molar-refractivity contribution in [1.82, 2.24) is 9.97 Å². The second-order valence-corrected chi connectivity index (χ2v) is 3.97. The molecular weight excluding hydrogens is 204 g/mol. The van der Waals surface area contributed by atoms with Gasteiger partial charge >= 0.3 is 0 Å². The Hall–Kier alpha value is -1.58. The summed E-state index contributed by atoms with van der Waals surface area (Å²) in [4.78, 5) is 29.3. The van der Waals surface area contributed by atoms with Crippen molar-refractivity contribution in [3.05, 3.63) is 23.8 Å². The minimum absolute atomic E-state index is 0.0976. The third-order valence-electron chi connectivity index (χ3n) is 2.60. The van der Waals surface area contributed by atoms with Gasteiger partial charge in [-0.1, -0.05) is 13.8 Å². The van der Waals surface area contributed by atoms with Gasteiger partial charge in [-0.05, 0) is 0 Å². The molecule has 0 aromatic carbocycles. The van der Waals surface area contributed by atoms with E-state index in [2.05, 4.69) is 9.97 Å². The van der Waals surface area contributed by atoms with Gasteiger partial charge in [0.25, 0.3) is 0 Å². The fourth-order valence-corrected chi connectivity index (χ4v) is 1.39. The number of aldehydes is 2. The van der Waals surface area contributed by atoms with E-state index in [1.165, 1.54) is 0 Å². The molecule has 0 radical (unpaired) electrons. The van der Waals surface area contributed by atoms with Crippen molar-refractivity contribution in [3.63, 3.8) is 0 Å². The number of hydrogen-bond donors (Lipinski definition) is 0. The van der Waals surface area contributed by atoms with Gasteiger partial charge in [-0.2, -0.15) is 0 Å². The fourth-order valence-electron chi connectivity index (χ4n) is 1.39. The number of aromatic nitrogens is 2. The van der Waals surface area contributed by atoms with Crippen LogP contribution in [0.5, 0.6) is 0 Å². The lowest BCUT2D eigenvalue weighted by molar-refractivity contribution is -0.108. The van der Waals surface area contributed by atoms with Gasteiger partial charge in [0.05, 0.1) is 11.4 Å². The van der Waals surface area contributed by atoms with Crippen LogP contribution in [0.25, 0.3) is 0 Å². The standard InChI is InChI=1S/C12H16N2O2/c1-9(3-5-15)11-7-14-12(8-13-11)10(2)4-6-16/h5-10H,3-4H2,1-2H3. The van der Waals surface area contributed by atoms with E-state index in [-0.39, 0.29) is 11.8 Å². The van der Waals surface area contributed by atoms with Crippen molar-refractivity contribution in [1.29, 1.82) is 0 Å². The minimum Gasteiger partial charge on any atom is -0.303 e. The molecule has 0 saturated heterocycles. The van der Waals surface area contributed by atoms with Crippen molar-refractivity contribution in [2.75, 3.05) is 0 Å². The molecule has 0 N–H and O–H groups in total. The van der Waals surface area contributed by atoms with Crippen LogP contribution in [-0.2, 0) is 9.59 Å². The lowest BCUT2D eigenvalue weighted by Crippen LogP contribution is -2.03. The molecule has 0 amide bonds.